The van der Waals surface area contributed by atoms with Gasteiger partial charge in [0.25, 0.3) is 5.56 Å². The van der Waals surface area contributed by atoms with Gasteiger partial charge in [0.05, 0.1) is 30.1 Å². The average Bonchev–Trinajstić information content (AvgIpc) is 3.29. The number of aryl methyl sites for hydroxylation is 1. The van der Waals surface area contributed by atoms with Crippen molar-refractivity contribution < 1.29 is 17.9 Å². The maximum atomic E-state index is 13.8. The van der Waals surface area contributed by atoms with Gasteiger partial charge in [-0.25, -0.2) is 18.6 Å². The molecule has 8 nitrogen and oxygen atoms in total. The van der Waals surface area contributed by atoms with Gasteiger partial charge >= 0.3 is 6.61 Å². The normalized spacial score (nSPS) is 19.4. The minimum absolute atomic E-state index is 0.00260. The number of halogens is 3. The van der Waals surface area contributed by atoms with Crippen LogP contribution in [0.3, 0.4) is 0 Å². The number of benzene rings is 1. The van der Waals surface area contributed by atoms with Crippen LogP contribution in [0.5, 0.6) is 5.75 Å². The van der Waals surface area contributed by atoms with E-state index in [4.69, 9.17) is 5.26 Å². The van der Waals surface area contributed by atoms with Crippen LogP contribution in [0.1, 0.15) is 50.9 Å². The highest BCUT2D eigenvalue weighted by Crippen LogP contribution is 2.37. The Bertz CT molecular complexity index is 1360. The standard InChI is InChI=1S/C26H31F3N6O2/c1-5-19-15-34(22-12-24(36)32(4)35-13-18(9-10-30)31-25(22)35)20(6-2)14-33(19)16(3)21-8-7-17(27)11-23(21)37-26(28)29/h7-8,11-13,16,19-20,26H,5-6,9,14-15H2,1-4H3/t16?,19-,20+/m1/s1. The lowest BCUT2D eigenvalue weighted by atomic mass is 9.96. The molecule has 1 aliphatic heterocycles. The number of hydrogen-bond acceptors (Lipinski definition) is 6. The largest absolute Gasteiger partial charge is 0.434 e. The van der Waals surface area contributed by atoms with Gasteiger partial charge in [-0.3, -0.25) is 9.69 Å². The molecule has 0 saturated carbocycles. The quantitative estimate of drug-likeness (QED) is 0.445. The van der Waals surface area contributed by atoms with Crippen LogP contribution in [-0.2, 0) is 13.5 Å². The molecule has 3 aromatic rings. The van der Waals surface area contributed by atoms with E-state index in [2.05, 4.69) is 39.4 Å². The van der Waals surface area contributed by atoms with E-state index in [9.17, 15) is 18.0 Å². The summed E-state index contributed by atoms with van der Waals surface area (Å²) >= 11 is 0. The molecule has 0 spiro atoms. The summed E-state index contributed by atoms with van der Waals surface area (Å²) < 4.78 is 47.8. The van der Waals surface area contributed by atoms with E-state index < -0.39 is 12.4 Å². The smallest absolute Gasteiger partial charge is 0.387 e. The predicted molar refractivity (Wildman–Crippen MR) is 133 cm³/mol. The van der Waals surface area contributed by atoms with Crippen LogP contribution in [0.25, 0.3) is 5.65 Å². The molecular weight excluding hydrogens is 485 g/mol. The van der Waals surface area contributed by atoms with Crippen molar-refractivity contribution in [3.8, 4) is 11.8 Å². The van der Waals surface area contributed by atoms with E-state index in [-0.39, 0.29) is 35.9 Å². The van der Waals surface area contributed by atoms with Crippen LogP contribution >= 0.6 is 0 Å². The first kappa shape index (κ1) is 26.5. The van der Waals surface area contributed by atoms with Crippen LogP contribution in [0.2, 0.25) is 0 Å². The molecule has 1 unspecified atom stereocenters. The van der Waals surface area contributed by atoms with Crippen molar-refractivity contribution in [2.75, 3.05) is 18.0 Å². The van der Waals surface area contributed by atoms with Gasteiger partial charge in [-0.05, 0) is 25.8 Å². The number of alkyl halides is 2. The maximum Gasteiger partial charge on any atom is 0.387 e. The van der Waals surface area contributed by atoms with Crippen LogP contribution in [0.15, 0.2) is 35.3 Å². The van der Waals surface area contributed by atoms with Gasteiger partial charge < -0.3 is 9.64 Å². The lowest BCUT2D eigenvalue weighted by molar-refractivity contribution is -0.0516. The average molecular weight is 517 g/mol. The fraction of sp³-hybridized carbons (Fsp3) is 0.500. The molecule has 1 aliphatic rings. The number of nitriles is 1. The van der Waals surface area contributed by atoms with E-state index in [1.807, 2.05) is 6.92 Å². The van der Waals surface area contributed by atoms with Crippen molar-refractivity contribution in [2.45, 2.75) is 64.8 Å². The molecule has 198 valence electrons. The summed E-state index contributed by atoms with van der Waals surface area (Å²) in [7, 11) is 1.66. The minimum Gasteiger partial charge on any atom is -0.434 e. The number of ether oxygens (including phenoxy) is 1. The predicted octanol–water partition coefficient (Wildman–Crippen LogP) is 4.28. The molecule has 37 heavy (non-hydrogen) atoms. The fourth-order valence-corrected chi connectivity index (χ4v) is 5.26. The Balaban J connectivity index is 1.72. The van der Waals surface area contributed by atoms with Gasteiger partial charge in [0.15, 0.2) is 5.65 Å². The van der Waals surface area contributed by atoms with Crippen molar-refractivity contribution in [1.82, 2.24) is 19.1 Å². The molecule has 1 saturated heterocycles. The number of fused-ring (bicyclic) bond motifs is 1. The molecule has 3 heterocycles. The summed E-state index contributed by atoms with van der Waals surface area (Å²) in [5, 5.41) is 9.14. The molecule has 0 aliphatic carbocycles. The monoisotopic (exact) mass is 516 g/mol. The summed E-state index contributed by atoms with van der Waals surface area (Å²) in [5.74, 6) is -0.802. The van der Waals surface area contributed by atoms with Crippen molar-refractivity contribution in [3.05, 3.63) is 57.9 Å². The fourth-order valence-electron chi connectivity index (χ4n) is 5.26. The number of rotatable bonds is 8. The first-order valence-electron chi connectivity index (χ1n) is 12.4. The highest BCUT2D eigenvalue weighted by atomic mass is 19.3. The Kier molecular flexibility index (Phi) is 7.78. The van der Waals surface area contributed by atoms with Crippen LogP contribution < -0.4 is 15.2 Å². The third-order valence-electron chi connectivity index (χ3n) is 7.26. The van der Waals surface area contributed by atoms with Gasteiger partial charge in [-0.1, -0.05) is 19.9 Å². The highest BCUT2D eigenvalue weighted by Gasteiger charge is 2.37. The number of nitrogens with zero attached hydrogens (tertiary/aromatic N) is 6. The number of piperazine rings is 1. The number of aromatic nitrogens is 3. The third kappa shape index (κ3) is 5.16. The van der Waals surface area contributed by atoms with E-state index in [0.29, 0.717) is 35.7 Å². The second-order valence-electron chi connectivity index (χ2n) is 9.34. The first-order chi connectivity index (χ1) is 17.7. The SMILES string of the molecule is CC[C@H]1CN(C(C)c2ccc(F)cc2OC(F)F)[C@H](CC)CN1c1cc(=O)n(C)n2cc(CC#N)nc12. The number of anilines is 1. The molecule has 1 fully saturated rings. The van der Waals surface area contributed by atoms with Crippen molar-refractivity contribution in [3.63, 3.8) is 0 Å². The topological polar surface area (TPSA) is 78.8 Å². The van der Waals surface area contributed by atoms with E-state index in [1.165, 1.54) is 16.8 Å². The zero-order valence-corrected chi connectivity index (χ0v) is 21.4. The summed E-state index contributed by atoms with van der Waals surface area (Å²) in [6, 6.07) is 7.15. The summed E-state index contributed by atoms with van der Waals surface area (Å²) in [4.78, 5) is 21.9. The zero-order chi connectivity index (χ0) is 26.9. The van der Waals surface area contributed by atoms with E-state index >= 15 is 0 Å². The highest BCUT2D eigenvalue weighted by molar-refractivity contribution is 5.69. The summed E-state index contributed by atoms with van der Waals surface area (Å²) in [6.07, 6.45) is 3.37. The zero-order valence-electron chi connectivity index (χ0n) is 21.4. The first-order valence-corrected chi connectivity index (χ1v) is 12.4. The molecule has 3 atom stereocenters. The van der Waals surface area contributed by atoms with Gasteiger partial charge in [-0.2, -0.15) is 14.0 Å². The molecule has 4 rings (SSSR count). The van der Waals surface area contributed by atoms with Gasteiger partial charge in [0, 0.05) is 56.0 Å². The molecule has 0 bridgehead atoms. The van der Waals surface area contributed by atoms with Crippen LogP contribution in [0, 0.1) is 17.1 Å². The lowest BCUT2D eigenvalue weighted by Crippen LogP contribution is -2.59. The van der Waals surface area contributed by atoms with Crippen molar-refractivity contribution in [1.29, 1.82) is 5.26 Å². The number of hydrogen-bond donors (Lipinski definition) is 0. The Morgan fingerprint density at radius 2 is 1.92 bits per heavy atom. The molecule has 0 radical (unpaired) electrons. The van der Waals surface area contributed by atoms with Gasteiger partial charge in [-0.15, -0.1) is 0 Å². The summed E-state index contributed by atoms with van der Waals surface area (Å²) in [6.45, 7) is 4.13. The maximum absolute atomic E-state index is 13.8. The Hall–Kier alpha value is -3.52. The molecule has 11 heteroatoms. The molecule has 1 aromatic carbocycles. The molecule has 0 amide bonds. The lowest BCUT2D eigenvalue weighted by Gasteiger charge is -2.49. The molecule has 2 aromatic heterocycles. The van der Waals surface area contributed by atoms with E-state index in [0.717, 1.165) is 18.9 Å². The molecular formula is C26H31F3N6O2. The Labute approximate surface area is 213 Å². The summed E-state index contributed by atoms with van der Waals surface area (Å²) in [5.41, 5.74) is 2.19. The van der Waals surface area contributed by atoms with Gasteiger partial charge in [0.2, 0.25) is 0 Å². The Morgan fingerprint density at radius 1 is 1.19 bits per heavy atom. The third-order valence-corrected chi connectivity index (χ3v) is 7.26. The number of imidazole rings is 1. The van der Waals surface area contributed by atoms with Crippen molar-refractivity contribution >= 4 is 11.3 Å². The Morgan fingerprint density at radius 3 is 2.57 bits per heavy atom. The van der Waals surface area contributed by atoms with Crippen LogP contribution in [-0.4, -0.2) is 50.9 Å². The van der Waals surface area contributed by atoms with Crippen LogP contribution in [0.4, 0.5) is 18.9 Å². The second-order valence-corrected chi connectivity index (χ2v) is 9.34. The van der Waals surface area contributed by atoms with Gasteiger partial charge in [0.1, 0.15) is 11.6 Å². The van der Waals surface area contributed by atoms with Crippen molar-refractivity contribution in [2.24, 2.45) is 7.05 Å². The minimum atomic E-state index is -3.06. The van der Waals surface area contributed by atoms with E-state index in [1.54, 1.807) is 23.8 Å². The molecule has 0 N–H and O–H groups in total. The second kappa shape index (κ2) is 10.8.